The standard InChI is InChI=1S/C32H35ClN4O2/c1-32(15-7-2-8-16-32)31(39)34-22-13-14-28(26(33)21-22)36-17-19-37(20-18-36)29-23-9-3-4-10-24(23)30(38)35-27-12-6-5-11-25(27)29/h3-6,9-14,21,29H,2,7-8,15-20H2,1H3,(H,34,39)(H,35,38). The van der Waals surface area contributed by atoms with Crippen molar-refractivity contribution < 1.29 is 9.59 Å². The maximum absolute atomic E-state index is 13.0. The number of benzene rings is 3. The SMILES string of the molecule is CC1(C(=O)Nc2ccc(N3CCN(C4c5ccccc5NC(=O)c5ccccc54)CC3)c(Cl)c2)CCCCC1. The number of piperazine rings is 1. The summed E-state index contributed by atoms with van der Waals surface area (Å²) >= 11 is 6.77. The van der Waals surface area contributed by atoms with Gasteiger partial charge in [-0.3, -0.25) is 14.5 Å². The second kappa shape index (κ2) is 10.7. The fourth-order valence-corrected chi connectivity index (χ4v) is 6.75. The molecule has 3 aromatic rings. The zero-order chi connectivity index (χ0) is 27.0. The van der Waals surface area contributed by atoms with Crippen LogP contribution in [0.3, 0.4) is 0 Å². The van der Waals surface area contributed by atoms with E-state index in [0.29, 0.717) is 5.02 Å². The van der Waals surface area contributed by atoms with Crippen molar-refractivity contribution in [2.45, 2.75) is 45.1 Å². The minimum Gasteiger partial charge on any atom is -0.368 e. The summed E-state index contributed by atoms with van der Waals surface area (Å²) in [5.41, 5.74) is 5.19. The summed E-state index contributed by atoms with van der Waals surface area (Å²) in [6.45, 7) is 5.36. The van der Waals surface area contributed by atoms with Gasteiger partial charge >= 0.3 is 0 Å². The molecule has 2 N–H and O–H groups in total. The molecule has 1 atom stereocenters. The van der Waals surface area contributed by atoms with E-state index in [0.717, 1.165) is 85.6 Å². The molecule has 0 spiro atoms. The number of nitrogens with one attached hydrogen (secondary N) is 2. The summed E-state index contributed by atoms with van der Waals surface area (Å²) in [5.74, 6) is 0.0344. The molecular formula is C32H35ClN4O2. The van der Waals surface area contributed by atoms with Gasteiger partial charge in [0.2, 0.25) is 5.91 Å². The lowest BCUT2D eigenvalue weighted by molar-refractivity contribution is -0.126. The smallest absolute Gasteiger partial charge is 0.256 e. The zero-order valence-electron chi connectivity index (χ0n) is 22.4. The van der Waals surface area contributed by atoms with Crippen LogP contribution in [0.15, 0.2) is 66.7 Å². The van der Waals surface area contributed by atoms with Crippen LogP contribution in [0.1, 0.15) is 66.6 Å². The highest BCUT2D eigenvalue weighted by molar-refractivity contribution is 6.33. The number of anilines is 3. The first-order chi connectivity index (χ1) is 18.9. The molecule has 2 aliphatic heterocycles. The highest BCUT2D eigenvalue weighted by Gasteiger charge is 2.35. The molecule has 2 heterocycles. The lowest BCUT2D eigenvalue weighted by atomic mass is 9.75. The van der Waals surface area contributed by atoms with Gasteiger partial charge < -0.3 is 15.5 Å². The lowest BCUT2D eigenvalue weighted by Crippen LogP contribution is -2.48. The van der Waals surface area contributed by atoms with Gasteiger partial charge in [0.1, 0.15) is 0 Å². The predicted octanol–water partition coefficient (Wildman–Crippen LogP) is 6.73. The first kappa shape index (κ1) is 25.9. The van der Waals surface area contributed by atoms with E-state index in [1.807, 2.05) is 54.6 Å². The molecule has 1 saturated heterocycles. The van der Waals surface area contributed by atoms with Crippen molar-refractivity contribution >= 4 is 40.5 Å². The van der Waals surface area contributed by atoms with Gasteiger partial charge in [-0.05, 0) is 54.3 Å². The summed E-state index contributed by atoms with van der Waals surface area (Å²) in [4.78, 5) is 30.8. The monoisotopic (exact) mass is 542 g/mol. The van der Waals surface area contributed by atoms with Crippen LogP contribution in [0.5, 0.6) is 0 Å². The van der Waals surface area contributed by atoms with Crippen LogP contribution in [-0.4, -0.2) is 42.9 Å². The van der Waals surface area contributed by atoms with Gasteiger partial charge in [0.25, 0.3) is 5.91 Å². The molecule has 6 rings (SSSR count). The Hall–Kier alpha value is -3.35. The van der Waals surface area contributed by atoms with E-state index in [9.17, 15) is 9.59 Å². The molecule has 0 bridgehead atoms. The third-order valence-electron chi connectivity index (χ3n) is 8.73. The van der Waals surface area contributed by atoms with E-state index in [1.54, 1.807) is 0 Å². The van der Waals surface area contributed by atoms with E-state index in [1.165, 1.54) is 6.42 Å². The van der Waals surface area contributed by atoms with Crippen LogP contribution >= 0.6 is 11.6 Å². The van der Waals surface area contributed by atoms with Crippen molar-refractivity contribution in [1.82, 2.24) is 4.90 Å². The average molecular weight is 543 g/mol. The third kappa shape index (κ3) is 5.04. The van der Waals surface area contributed by atoms with Crippen LogP contribution in [0, 0.1) is 5.41 Å². The number of hydrogen-bond acceptors (Lipinski definition) is 4. The van der Waals surface area contributed by atoms with Crippen molar-refractivity contribution in [3.05, 3.63) is 88.4 Å². The van der Waals surface area contributed by atoms with Gasteiger partial charge in [0, 0.05) is 48.5 Å². The van der Waals surface area contributed by atoms with Crippen molar-refractivity contribution in [3.63, 3.8) is 0 Å². The van der Waals surface area contributed by atoms with Crippen molar-refractivity contribution in [2.24, 2.45) is 5.41 Å². The van der Waals surface area contributed by atoms with Gasteiger partial charge in [-0.15, -0.1) is 0 Å². The third-order valence-corrected chi connectivity index (χ3v) is 9.04. The molecule has 2 fully saturated rings. The van der Waals surface area contributed by atoms with E-state index in [-0.39, 0.29) is 23.3 Å². The fourth-order valence-electron chi connectivity index (χ4n) is 6.45. The maximum atomic E-state index is 13.0. The Kier molecular flexibility index (Phi) is 7.08. The molecule has 39 heavy (non-hydrogen) atoms. The number of rotatable bonds is 4. The Morgan fingerprint density at radius 2 is 1.62 bits per heavy atom. The molecular weight excluding hydrogens is 508 g/mol. The van der Waals surface area contributed by atoms with Gasteiger partial charge in [-0.2, -0.15) is 0 Å². The van der Waals surface area contributed by atoms with Crippen molar-refractivity contribution in [1.29, 1.82) is 0 Å². The quantitative estimate of drug-likeness (QED) is 0.384. The Labute approximate surface area is 235 Å². The summed E-state index contributed by atoms with van der Waals surface area (Å²) in [6, 6.07) is 21.9. The maximum Gasteiger partial charge on any atom is 0.256 e. The Balaban J connectivity index is 1.18. The lowest BCUT2D eigenvalue weighted by Gasteiger charge is -2.41. The summed E-state index contributed by atoms with van der Waals surface area (Å²) < 4.78 is 0. The van der Waals surface area contributed by atoms with Crippen LogP contribution < -0.4 is 15.5 Å². The van der Waals surface area contributed by atoms with Gasteiger partial charge in [0.15, 0.2) is 0 Å². The second-order valence-corrected chi connectivity index (χ2v) is 11.7. The molecule has 3 aliphatic rings. The Morgan fingerprint density at radius 1 is 0.923 bits per heavy atom. The van der Waals surface area contributed by atoms with Gasteiger partial charge in [0.05, 0.1) is 16.8 Å². The summed E-state index contributed by atoms with van der Waals surface area (Å²) in [6.07, 6.45) is 5.32. The zero-order valence-corrected chi connectivity index (χ0v) is 23.1. The normalized spacial score (nSPS) is 20.8. The molecule has 0 aromatic heterocycles. The minimum atomic E-state index is -0.297. The average Bonchev–Trinajstić information content (AvgIpc) is 3.07. The summed E-state index contributed by atoms with van der Waals surface area (Å²) in [5, 5.41) is 6.87. The van der Waals surface area contributed by atoms with Crippen molar-refractivity contribution in [3.8, 4) is 0 Å². The molecule has 202 valence electrons. The number of nitrogens with zero attached hydrogens (tertiary/aromatic N) is 2. The van der Waals surface area contributed by atoms with Crippen LogP contribution in [-0.2, 0) is 4.79 Å². The molecule has 1 aliphatic carbocycles. The number of carbonyl (C=O) groups excluding carboxylic acids is 2. The Bertz CT molecular complexity index is 1390. The van der Waals surface area contributed by atoms with E-state index in [4.69, 9.17) is 11.6 Å². The number of hydrogen-bond donors (Lipinski definition) is 2. The van der Waals surface area contributed by atoms with Crippen LogP contribution in [0.25, 0.3) is 0 Å². The number of carbonyl (C=O) groups is 2. The highest BCUT2D eigenvalue weighted by atomic mass is 35.5. The first-order valence-electron chi connectivity index (χ1n) is 14.0. The van der Waals surface area contributed by atoms with Crippen LogP contribution in [0.2, 0.25) is 5.02 Å². The molecule has 7 heteroatoms. The number of para-hydroxylation sites is 1. The largest absolute Gasteiger partial charge is 0.368 e. The van der Waals surface area contributed by atoms with Crippen molar-refractivity contribution in [2.75, 3.05) is 41.7 Å². The molecule has 0 radical (unpaired) electrons. The highest BCUT2D eigenvalue weighted by Crippen LogP contribution is 2.40. The number of amides is 2. The topological polar surface area (TPSA) is 64.7 Å². The van der Waals surface area contributed by atoms with Gasteiger partial charge in [-0.25, -0.2) is 0 Å². The molecule has 1 saturated carbocycles. The number of halogens is 1. The van der Waals surface area contributed by atoms with Gasteiger partial charge in [-0.1, -0.05) is 74.2 Å². The molecule has 2 amide bonds. The summed E-state index contributed by atoms with van der Waals surface area (Å²) in [7, 11) is 0. The molecule has 6 nitrogen and oxygen atoms in total. The Morgan fingerprint density at radius 3 is 2.36 bits per heavy atom. The fraction of sp³-hybridized carbons (Fsp3) is 0.375. The van der Waals surface area contributed by atoms with E-state index in [2.05, 4.69) is 39.5 Å². The predicted molar refractivity (Wildman–Crippen MR) is 158 cm³/mol. The first-order valence-corrected chi connectivity index (χ1v) is 14.4. The van der Waals surface area contributed by atoms with E-state index < -0.39 is 0 Å². The molecule has 3 aromatic carbocycles. The molecule has 1 unspecified atom stereocenters. The van der Waals surface area contributed by atoms with Crippen LogP contribution in [0.4, 0.5) is 17.1 Å². The second-order valence-electron chi connectivity index (χ2n) is 11.3. The van der Waals surface area contributed by atoms with E-state index >= 15 is 0 Å². The minimum absolute atomic E-state index is 0.00675. The number of fused-ring (bicyclic) bond motifs is 2.